The van der Waals surface area contributed by atoms with Crippen molar-refractivity contribution in [2.45, 2.75) is 32.9 Å². The molecule has 106 valence electrons. The molecule has 0 saturated carbocycles. The highest BCUT2D eigenvalue weighted by molar-refractivity contribution is 4.93. The fourth-order valence-corrected chi connectivity index (χ4v) is 2.57. The molecule has 1 N–H and O–H groups in total. The van der Waals surface area contributed by atoms with Crippen molar-refractivity contribution in [1.82, 2.24) is 14.8 Å². The molecule has 1 atom stereocenters. The Hall–Kier alpha value is -1.13. The van der Waals surface area contributed by atoms with Crippen LogP contribution in [0.3, 0.4) is 0 Å². The molecule has 1 aromatic rings. The molecule has 0 bridgehead atoms. The van der Waals surface area contributed by atoms with Crippen LogP contribution in [0, 0.1) is 5.92 Å². The van der Waals surface area contributed by atoms with Gasteiger partial charge in [0.05, 0.1) is 0 Å². The largest absolute Gasteiger partial charge is 0.314 e. The maximum absolute atomic E-state index is 11.7. The molecule has 0 aromatic carbocycles. The topological polar surface area (TPSA) is 37.3 Å². The van der Waals surface area contributed by atoms with E-state index in [-0.39, 0.29) is 5.56 Å². The first-order chi connectivity index (χ1) is 9.16. The highest BCUT2D eigenvalue weighted by atomic mass is 16.1. The van der Waals surface area contributed by atoms with Crippen molar-refractivity contribution >= 4 is 0 Å². The average Bonchev–Trinajstić information content (AvgIpc) is 2.63. The van der Waals surface area contributed by atoms with Gasteiger partial charge in [0.25, 0.3) is 5.56 Å². The van der Waals surface area contributed by atoms with E-state index in [1.807, 2.05) is 12.3 Å². The zero-order valence-corrected chi connectivity index (χ0v) is 12.0. The molecule has 0 radical (unpaired) electrons. The Morgan fingerprint density at radius 3 is 2.95 bits per heavy atom. The van der Waals surface area contributed by atoms with Crippen molar-refractivity contribution in [1.29, 1.82) is 0 Å². The second kappa shape index (κ2) is 6.87. The average molecular weight is 263 g/mol. The normalized spacial score (nSPS) is 21.5. The van der Waals surface area contributed by atoms with Crippen molar-refractivity contribution in [2.24, 2.45) is 5.92 Å². The van der Waals surface area contributed by atoms with Gasteiger partial charge in [-0.05, 0) is 31.5 Å². The van der Waals surface area contributed by atoms with Gasteiger partial charge in [-0.25, -0.2) is 0 Å². The van der Waals surface area contributed by atoms with Crippen LogP contribution in [0.4, 0.5) is 0 Å². The van der Waals surface area contributed by atoms with E-state index in [9.17, 15) is 4.79 Å². The van der Waals surface area contributed by atoms with Crippen molar-refractivity contribution < 1.29 is 0 Å². The van der Waals surface area contributed by atoms with E-state index in [0.29, 0.717) is 12.0 Å². The van der Waals surface area contributed by atoms with Crippen LogP contribution < -0.4 is 10.9 Å². The zero-order chi connectivity index (χ0) is 13.7. The molecule has 1 unspecified atom stereocenters. The van der Waals surface area contributed by atoms with Crippen LogP contribution >= 0.6 is 0 Å². The Morgan fingerprint density at radius 1 is 1.37 bits per heavy atom. The summed E-state index contributed by atoms with van der Waals surface area (Å²) in [5, 5.41) is 3.61. The summed E-state index contributed by atoms with van der Waals surface area (Å²) >= 11 is 0. The standard InChI is InChI=1S/C15H25N3O/c1-13(2)14-12-17(8-5-7-16-14)10-11-18-9-4-3-6-15(18)19/h3-4,6,9,13-14,16H,5,7-8,10-12H2,1-2H3. The molecule has 0 spiro atoms. The third-order valence-electron chi connectivity index (χ3n) is 3.87. The first kappa shape index (κ1) is 14.3. The SMILES string of the molecule is CC(C)C1CN(CCn2ccccc2=O)CCCN1. The van der Waals surface area contributed by atoms with Gasteiger partial charge in [0.15, 0.2) is 0 Å². The van der Waals surface area contributed by atoms with Gasteiger partial charge in [-0.15, -0.1) is 0 Å². The number of nitrogens with zero attached hydrogens (tertiary/aromatic N) is 2. The molecular formula is C15H25N3O. The Labute approximate surface area is 115 Å². The van der Waals surface area contributed by atoms with Gasteiger partial charge in [0, 0.05) is 37.9 Å². The van der Waals surface area contributed by atoms with Gasteiger partial charge in [0.2, 0.25) is 0 Å². The molecule has 4 nitrogen and oxygen atoms in total. The third kappa shape index (κ3) is 4.18. The van der Waals surface area contributed by atoms with Crippen molar-refractivity contribution in [3.63, 3.8) is 0 Å². The van der Waals surface area contributed by atoms with Gasteiger partial charge >= 0.3 is 0 Å². The van der Waals surface area contributed by atoms with Gasteiger partial charge in [-0.2, -0.15) is 0 Å². The third-order valence-corrected chi connectivity index (χ3v) is 3.87. The minimum atomic E-state index is 0.0934. The van der Waals surface area contributed by atoms with Crippen LogP contribution in [0.1, 0.15) is 20.3 Å². The highest BCUT2D eigenvalue weighted by Gasteiger charge is 2.19. The number of pyridine rings is 1. The number of hydrogen-bond acceptors (Lipinski definition) is 3. The summed E-state index contributed by atoms with van der Waals surface area (Å²) in [6.07, 6.45) is 3.06. The molecular weight excluding hydrogens is 238 g/mol. The quantitative estimate of drug-likeness (QED) is 0.886. The summed E-state index contributed by atoms with van der Waals surface area (Å²) < 4.78 is 1.79. The predicted octanol–water partition coefficient (Wildman–Crippen LogP) is 1.17. The van der Waals surface area contributed by atoms with Gasteiger partial charge in [0.1, 0.15) is 0 Å². The Morgan fingerprint density at radius 2 is 2.21 bits per heavy atom. The van der Waals surface area contributed by atoms with Crippen LogP contribution in [0.25, 0.3) is 0 Å². The lowest BCUT2D eigenvalue weighted by Gasteiger charge is -2.26. The summed E-state index contributed by atoms with van der Waals surface area (Å²) in [7, 11) is 0. The van der Waals surface area contributed by atoms with Gasteiger partial charge in [-0.3, -0.25) is 9.69 Å². The second-order valence-corrected chi connectivity index (χ2v) is 5.69. The van der Waals surface area contributed by atoms with Crippen LogP contribution in [0.5, 0.6) is 0 Å². The van der Waals surface area contributed by atoms with Crippen molar-refractivity contribution in [3.8, 4) is 0 Å². The number of nitrogens with one attached hydrogen (secondary N) is 1. The lowest BCUT2D eigenvalue weighted by atomic mass is 10.0. The lowest BCUT2D eigenvalue weighted by Crippen LogP contribution is -2.42. The first-order valence-electron chi connectivity index (χ1n) is 7.28. The van der Waals surface area contributed by atoms with Crippen LogP contribution in [-0.2, 0) is 6.54 Å². The summed E-state index contributed by atoms with van der Waals surface area (Å²) in [5.41, 5.74) is 0.0934. The molecule has 2 rings (SSSR count). The van der Waals surface area contributed by atoms with E-state index in [1.54, 1.807) is 16.7 Å². The molecule has 1 fully saturated rings. The smallest absolute Gasteiger partial charge is 0.250 e. The molecule has 1 saturated heterocycles. The summed E-state index contributed by atoms with van der Waals surface area (Å²) in [6.45, 7) is 9.58. The molecule has 1 aliphatic heterocycles. The van der Waals surface area contributed by atoms with Crippen LogP contribution in [0.15, 0.2) is 29.2 Å². The summed E-state index contributed by atoms with van der Waals surface area (Å²) in [4.78, 5) is 14.1. The monoisotopic (exact) mass is 263 g/mol. The first-order valence-corrected chi connectivity index (χ1v) is 7.28. The van der Waals surface area contributed by atoms with E-state index in [1.165, 1.54) is 6.42 Å². The van der Waals surface area contributed by atoms with E-state index in [4.69, 9.17) is 0 Å². The molecule has 19 heavy (non-hydrogen) atoms. The molecule has 2 heterocycles. The fourth-order valence-electron chi connectivity index (χ4n) is 2.57. The Kier molecular flexibility index (Phi) is 5.16. The predicted molar refractivity (Wildman–Crippen MR) is 78.4 cm³/mol. The number of hydrogen-bond donors (Lipinski definition) is 1. The molecule has 1 aliphatic rings. The van der Waals surface area contributed by atoms with E-state index in [0.717, 1.165) is 32.7 Å². The van der Waals surface area contributed by atoms with Gasteiger partial charge in [-0.1, -0.05) is 19.9 Å². The second-order valence-electron chi connectivity index (χ2n) is 5.69. The van der Waals surface area contributed by atoms with E-state index in [2.05, 4.69) is 24.1 Å². The maximum atomic E-state index is 11.7. The molecule has 4 heteroatoms. The highest BCUT2D eigenvalue weighted by Crippen LogP contribution is 2.08. The minimum absolute atomic E-state index is 0.0934. The Bertz CT molecular complexity index is 441. The number of aromatic nitrogens is 1. The maximum Gasteiger partial charge on any atom is 0.250 e. The van der Waals surface area contributed by atoms with Crippen molar-refractivity contribution in [2.75, 3.05) is 26.2 Å². The zero-order valence-electron chi connectivity index (χ0n) is 12.0. The Balaban J connectivity index is 1.91. The fraction of sp³-hybridized carbons (Fsp3) is 0.667. The van der Waals surface area contributed by atoms with Crippen LogP contribution in [-0.4, -0.2) is 41.7 Å². The molecule has 0 aliphatic carbocycles. The molecule has 1 aromatic heterocycles. The van der Waals surface area contributed by atoms with E-state index >= 15 is 0 Å². The summed E-state index contributed by atoms with van der Waals surface area (Å²) in [6, 6.07) is 5.90. The molecule has 0 amide bonds. The minimum Gasteiger partial charge on any atom is -0.314 e. The van der Waals surface area contributed by atoms with Crippen molar-refractivity contribution in [3.05, 3.63) is 34.7 Å². The summed E-state index contributed by atoms with van der Waals surface area (Å²) in [5.74, 6) is 0.653. The van der Waals surface area contributed by atoms with Gasteiger partial charge < -0.3 is 9.88 Å². The number of rotatable bonds is 4. The van der Waals surface area contributed by atoms with Crippen LogP contribution in [0.2, 0.25) is 0 Å². The van der Waals surface area contributed by atoms with E-state index < -0.39 is 0 Å². The lowest BCUT2D eigenvalue weighted by molar-refractivity contribution is 0.237.